The highest BCUT2D eigenvalue weighted by molar-refractivity contribution is 9.10. The molecule has 0 saturated carbocycles. The Morgan fingerprint density at radius 1 is 1.38 bits per heavy atom. The second kappa shape index (κ2) is 4.20. The van der Waals surface area contributed by atoms with Crippen LogP contribution in [0.2, 0.25) is 0 Å². The fourth-order valence-corrected chi connectivity index (χ4v) is 2.90. The molecule has 0 aromatic heterocycles. The molecule has 2 rings (SSSR count). The van der Waals surface area contributed by atoms with Crippen molar-refractivity contribution in [2.75, 3.05) is 0 Å². The number of benzene rings is 1. The highest BCUT2D eigenvalue weighted by Gasteiger charge is 2.27. The highest BCUT2D eigenvalue weighted by atomic mass is 79.9. The van der Waals surface area contributed by atoms with E-state index in [0.29, 0.717) is 18.4 Å². The zero-order chi connectivity index (χ0) is 11.9. The maximum absolute atomic E-state index is 11.6. The minimum absolute atomic E-state index is 0.0604. The third-order valence-electron chi connectivity index (χ3n) is 2.32. The second-order valence-corrected chi connectivity index (χ2v) is 6.85. The van der Waals surface area contributed by atoms with Gasteiger partial charge in [0, 0.05) is 22.7 Å². The first-order valence-electron chi connectivity index (χ1n) is 4.48. The lowest BCUT2D eigenvalue weighted by Crippen LogP contribution is -1.99. The zero-order valence-electron chi connectivity index (χ0n) is 8.01. The quantitative estimate of drug-likeness (QED) is 0.817. The summed E-state index contributed by atoms with van der Waals surface area (Å²) in [6.45, 7) is -3.80. The van der Waals surface area contributed by atoms with Crippen LogP contribution in [0, 0.1) is 0 Å². The monoisotopic (exact) mass is 322 g/mol. The predicted octanol–water partition coefficient (Wildman–Crippen LogP) is 2.17. The molecule has 1 aromatic carbocycles. The van der Waals surface area contributed by atoms with Crippen molar-refractivity contribution < 1.29 is 19.1 Å². The molecule has 0 spiro atoms. The van der Waals surface area contributed by atoms with Gasteiger partial charge in [0.25, 0.3) is 0 Å². The topological polar surface area (TPSA) is 66.8 Å². The molecule has 1 aliphatic carbocycles. The molecule has 0 radical (unpaired) electrons. The lowest BCUT2D eigenvalue weighted by Gasteiger charge is -2.13. The number of carbonyl (C=O) groups is 1. The number of ketones is 1. The van der Waals surface area contributed by atoms with Crippen molar-refractivity contribution in [1.29, 1.82) is 0 Å². The Bertz CT molecular complexity index is 510. The molecule has 16 heavy (non-hydrogen) atoms. The number of hydrogen-bond acceptors (Lipinski definition) is 3. The summed E-state index contributed by atoms with van der Waals surface area (Å²) in [7, 11) is 0. The first kappa shape index (κ1) is 12.2. The second-order valence-electron chi connectivity index (χ2n) is 3.40. The van der Waals surface area contributed by atoms with Crippen LogP contribution in [0.3, 0.4) is 0 Å². The highest BCUT2D eigenvalue weighted by Crippen LogP contribution is 2.43. The largest absolute Gasteiger partial charge is 0.424 e. The molecule has 0 unspecified atom stereocenters. The predicted molar refractivity (Wildman–Crippen MR) is 66.1 cm³/mol. The van der Waals surface area contributed by atoms with Crippen LogP contribution in [-0.2, 0) is 18.2 Å². The Labute approximate surface area is 106 Å². The number of halogens is 1. The van der Waals surface area contributed by atoms with E-state index in [1.54, 1.807) is 6.07 Å². The average Bonchev–Trinajstić information content (AvgIpc) is 2.52. The number of Topliss-reactive ketones (excluding diaryl/α,β-unsaturated/α-hetero) is 1. The molecule has 0 saturated heterocycles. The van der Waals surface area contributed by atoms with Crippen molar-refractivity contribution in [2.45, 2.75) is 12.8 Å². The molecular formula is C9H8BrO4PS. The van der Waals surface area contributed by atoms with Crippen LogP contribution in [0.15, 0.2) is 16.6 Å². The summed E-state index contributed by atoms with van der Waals surface area (Å²) in [5.74, 6) is 0.101. The third kappa shape index (κ3) is 2.36. The van der Waals surface area contributed by atoms with Crippen LogP contribution in [-0.4, -0.2) is 15.6 Å². The van der Waals surface area contributed by atoms with E-state index in [-0.39, 0.29) is 11.5 Å². The standard InChI is InChI=1S/C9H8BrO4PS/c10-6-2-4-8(14-15(12,13)16)9-5(6)1-3-7(9)11/h2,4H,1,3H2,(H2,12,13,16). The van der Waals surface area contributed by atoms with E-state index >= 15 is 0 Å². The molecule has 0 atom stereocenters. The Balaban J connectivity index is 2.53. The molecule has 1 aliphatic rings. The van der Waals surface area contributed by atoms with Crippen LogP contribution >= 0.6 is 22.6 Å². The van der Waals surface area contributed by atoms with E-state index in [1.807, 2.05) is 0 Å². The van der Waals surface area contributed by atoms with Gasteiger partial charge >= 0.3 is 6.72 Å². The van der Waals surface area contributed by atoms with E-state index in [1.165, 1.54) is 6.07 Å². The fourth-order valence-electron chi connectivity index (χ4n) is 1.72. The van der Waals surface area contributed by atoms with Gasteiger partial charge in [-0.25, -0.2) is 0 Å². The number of hydrogen-bond donors (Lipinski definition) is 2. The first-order valence-corrected chi connectivity index (χ1v) is 7.90. The molecule has 0 aliphatic heterocycles. The van der Waals surface area contributed by atoms with E-state index in [2.05, 4.69) is 27.7 Å². The Kier molecular flexibility index (Phi) is 3.20. The van der Waals surface area contributed by atoms with Crippen molar-refractivity contribution >= 4 is 40.2 Å². The summed E-state index contributed by atoms with van der Waals surface area (Å²) >= 11 is 7.73. The van der Waals surface area contributed by atoms with Crippen LogP contribution in [0.25, 0.3) is 0 Å². The van der Waals surface area contributed by atoms with Gasteiger partial charge in [-0.1, -0.05) is 15.9 Å². The molecule has 2 N–H and O–H groups in total. The van der Waals surface area contributed by atoms with Crippen molar-refractivity contribution in [3.05, 3.63) is 27.7 Å². The SMILES string of the molecule is O=C1CCc2c(Br)ccc(OP(O)(O)=S)c21. The lowest BCUT2D eigenvalue weighted by atomic mass is 10.1. The van der Waals surface area contributed by atoms with Crippen molar-refractivity contribution in [3.8, 4) is 5.75 Å². The van der Waals surface area contributed by atoms with Gasteiger partial charge in [0.1, 0.15) is 5.75 Å². The van der Waals surface area contributed by atoms with Crippen LogP contribution < -0.4 is 4.52 Å². The van der Waals surface area contributed by atoms with Gasteiger partial charge in [-0.2, -0.15) is 0 Å². The minimum atomic E-state index is -3.80. The zero-order valence-corrected chi connectivity index (χ0v) is 11.3. The maximum Gasteiger partial charge on any atom is 0.375 e. The fraction of sp³-hybridized carbons (Fsp3) is 0.222. The van der Waals surface area contributed by atoms with Gasteiger partial charge in [-0.05, 0) is 24.1 Å². The maximum atomic E-state index is 11.6. The summed E-state index contributed by atoms with van der Waals surface area (Å²) in [6, 6.07) is 3.22. The molecule has 0 fully saturated rings. The molecule has 0 bridgehead atoms. The van der Waals surface area contributed by atoms with E-state index in [9.17, 15) is 4.79 Å². The molecule has 0 amide bonds. The van der Waals surface area contributed by atoms with Gasteiger partial charge in [0.15, 0.2) is 5.78 Å². The van der Waals surface area contributed by atoms with Crippen LogP contribution in [0.1, 0.15) is 22.3 Å². The molecule has 4 nitrogen and oxygen atoms in total. The van der Waals surface area contributed by atoms with Gasteiger partial charge in [0.2, 0.25) is 0 Å². The van der Waals surface area contributed by atoms with E-state index in [0.717, 1.165) is 10.0 Å². The van der Waals surface area contributed by atoms with Crippen LogP contribution in [0.4, 0.5) is 0 Å². The smallest absolute Gasteiger partial charge is 0.375 e. The van der Waals surface area contributed by atoms with Crippen molar-refractivity contribution in [2.24, 2.45) is 0 Å². The molecule has 7 heteroatoms. The Morgan fingerprint density at radius 2 is 2.06 bits per heavy atom. The van der Waals surface area contributed by atoms with Gasteiger partial charge < -0.3 is 14.3 Å². The lowest BCUT2D eigenvalue weighted by molar-refractivity contribution is 0.0993. The summed E-state index contributed by atoms with van der Waals surface area (Å²) in [5, 5.41) is 0. The molecule has 86 valence electrons. The summed E-state index contributed by atoms with van der Waals surface area (Å²) in [5.41, 5.74) is 1.25. The summed E-state index contributed by atoms with van der Waals surface area (Å²) in [4.78, 5) is 29.8. The normalized spacial score (nSPS) is 15.1. The van der Waals surface area contributed by atoms with Crippen molar-refractivity contribution in [1.82, 2.24) is 0 Å². The molecule has 0 heterocycles. The Morgan fingerprint density at radius 3 is 2.69 bits per heavy atom. The van der Waals surface area contributed by atoms with Gasteiger partial charge in [-0.3, -0.25) is 4.79 Å². The van der Waals surface area contributed by atoms with E-state index in [4.69, 9.17) is 14.3 Å². The number of carbonyl (C=O) groups excluding carboxylic acids is 1. The van der Waals surface area contributed by atoms with Gasteiger partial charge in [0.05, 0.1) is 5.56 Å². The molecule has 1 aromatic rings. The van der Waals surface area contributed by atoms with Gasteiger partial charge in [-0.15, -0.1) is 0 Å². The number of fused-ring (bicyclic) bond motifs is 1. The minimum Gasteiger partial charge on any atom is -0.424 e. The third-order valence-corrected chi connectivity index (χ3v) is 3.72. The number of rotatable bonds is 2. The van der Waals surface area contributed by atoms with Crippen molar-refractivity contribution in [3.63, 3.8) is 0 Å². The summed E-state index contributed by atoms with van der Waals surface area (Å²) in [6.07, 6.45) is 1.04. The Hall–Kier alpha value is -0.260. The van der Waals surface area contributed by atoms with E-state index < -0.39 is 6.72 Å². The summed E-state index contributed by atoms with van der Waals surface area (Å²) < 4.78 is 5.69. The van der Waals surface area contributed by atoms with Crippen LogP contribution in [0.5, 0.6) is 5.75 Å². The average molecular weight is 323 g/mol. The first-order chi connectivity index (χ1) is 7.38. The molecular weight excluding hydrogens is 315 g/mol.